The number of amides is 1. The van der Waals surface area contributed by atoms with Crippen LogP contribution in [0, 0.1) is 0 Å². The van der Waals surface area contributed by atoms with Crippen LogP contribution in [-0.4, -0.2) is 47.8 Å². The predicted molar refractivity (Wildman–Crippen MR) is 72.7 cm³/mol. The van der Waals surface area contributed by atoms with Crippen molar-refractivity contribution >= 4 is 27.8 Å². The summed E-state index contributed by atoms with van der Waals surface area (Å²) in [4.78, 5) is 24.4. The Morgan fingerprint density at radius 3 is 2.75 bits per heavy atom. The smallest absolute Gasteiger partial charge is 0.343 e. The third kappa shape index (κ3) is 2.63. The molecule has 20 heavy (non-hydrogen) atoms. The van der Waals surface area contributed by atoms with E-state index >= 15 is 0 Å². The van der Waals surface area contributed by atoms with Gasteiger partial charge in [0, 0.05) is 17.4 Å². The number of nitrogens with zero attached hydrogens (tertiary/aromatic N) is 1. The van der Waals surface area contributed by atoms with Gasteiger partial charge in [0.25, 0.3) is 5.91 Å². The minimum atomic E-state index is -2.36. The zero-order valence-electron chi connectivity index (χ0n) is 10.7. The van der Waals surface area contributed by atoms with Gasteiger partial charge in [-0.15, -0.1) is 0 Å². The van der Waals surface area contributed by atoms with Gasteiger partial charge in [-0.2, -0.15) is 0 Å². The zero-order valence-corrected chi connectivity index (χ0v) is 12.3. The summed E-state index contributed by atoms with van der Waals surface area (Å²) >= 11 is 3.25. The minimum Gasteiger partial charge on any atom is -0.497 e. The second-order valence-corrected chi connectivity index (χ2v) is 5.45. The first-order valence-electron chi connectivity index (χ1n) is 5.92. The molecule has 1 atom stereocenters. The lowest BCUT2D eigenvalue weighted by Crippen LogP contribution is -2.39. The van der Waals surface area contributed by atoms with E-state index in [9.17, 15) is 14.0 Å². The second kappa shape index (κ2) is 5.40. The Hall–Kier alpha value is -1.63. The summed E-state index contributed by atoms with van der Waals surface area (Å²) in [7, 11) is 1.48. The Morgan fingerprint density at radius 1 is 1.50 bits per heavy atom. The van der Waals surface area contributed by atoms with Crippen LogP contribution in [-0.2, 0) is 4.79 Å². The molecule has 1 saturated heterocycles. The number of rotatable bonds is 3. The van der Waals surface area contributed by atoms with Gasteiger partial charge >= 0.3 is 5.97 Å². The Labute approximate surface area is 123 Å². The van der Waals surface area contributed by atoms with Crippen molar-refractivity contribution < 1.29 is 23.8 Å². The maximum atomic E-state index is 14.0. The highest BCUT2D eigenvalue weighted by Crippen LogP contribution is 2.30. The Kier molecular flexibility index (Phi) is 3.99. The van der Waals surface area contributed by atoms with Gasteiger partial charge in [0.05, 0.1) is 19.2 Å². The van der Waals surface area contributed by atoms with E-state index < -0.39 is 24.1 Å². The number of hydrogen-bond acceptors (Lipinski definition) is 3. The number of halogens is 2. The third-order valence-corrected chi connectivity index (χ3v) is 3.99. The van der Waals surface area contributed by atoms with Crippen LogP contribution in [0.5, 0.6) is 5.75 Å². The van der Waals surface area contributed by atoms with Crippen LogP contribution in [0.15, 0.2) is 22.7 Å². The summed E-state index contributed by atoms with van der Waals surface area (Å²) < 4.78 is 19.6. The van der Waals surface area contributed by atoms with Gasteiger partial charge in [-0.25, -0.2) is 9.18 Å². The van der Waals surface area contributed by atoms with Crippen molar-refractivity contribution in [1.29, 1.82) is 0 Å². The summed E-state index contributed by atoms with van der Waals surface area (Å²) in [5, 5.41) is 8.84. The first-order valence-corrected chi connectivity index (χ1v) is 6.72. The van der Waals surface area contributed by atoms with Crippen LogP contribution in [0.4, 0.5) is 4.39 Å². The van der Waals surface area contributed by atoms with Crippen molar-refractivity contribution in [3.8, 4) is 5.75 Å². The number of hydrogen-bond donors (Lipinski definition) is 1. The number of ether oxygens (including phenoxy) is 1. The molecule has 7 heteroatoms. The zero-order chi connectivity index (χ0) is 14.9. The van der Waals surface area contributed by atoms with Gasteiger partial charge in [-0.1, -0.05) is 0 Å². The van der Waals surface area contributed by atoms with Crippen LogP contribution in [0.2, 0.25) is 0 Å². The average molecular weight is 346 g/mol. The quantitative estimate of drug-likeness (QED) is 0.910. The van der Waals surface area contributed by atoms with Gasteiger partial charge < -0.3 is 14.7 Å². The maximum absolute atomic E-state index is 14.0. The fraction of sp³-hybridized carbons (Fsp3) is 0.385. The first kappa shape index (κ1) is 14.8. The summed E-state index contributed by atoms with van der Waals surface area (Å²) in [5.41, 5.74) is -2.04. The Bertz CT molecular complexity index is 565. The number of carboxylic acids is 1. The van der Waals surface area contributed by atoms with Crippen LogP contribution in [0.3, 0.4) is 0 Å². The Balaban J connectivity index is 2.23. The van der Waals surface area contributed by atoms with E-state index in [2.05, 4.69) is 15.9 Å². The number of benzene rings is 1. The van der Waals surface area contributed by atoms with Crippen molar-refractivity contribution in [2.24, 2.45) is 0 Å². The van der Waals surface area contributed by atoms with Crippen LogP contribution < -0.4 is 4.74 Å². The van der Waals surface area contributed by atoms with Crippen LogP contribution in [0.25, 0.3) is 0 Å². The van der Waals surface area contributed by atoms with E-state index in [0.717, 1.165) is 0 Å². The number of likely N-dealkylation sites (tertiary alicyclic amines) is 1. The lowest BCUT2D eigenvalue weighted by Gasteiger charge is -2.18. The molecule has 2 rings (SSSR count). The van der Waals surface area contributed by atoms with E-state index in [1.54, 1.807) is 12.1 Å². The standard InChI is InChI=1S/C13H13BrFNO4/c1-20-8-2-3-10(14)9(6-8)11(17)16-5-4-13(15,7-16)12(18)19/h2-3,6H,4-5,7H2,1H3,(H,18,19). The lowest BCUT2D eigenvalue weighted by atomic mass is 10.1. The highest BCUT2D eigenvalue weighted by Gasteiger charge is 2.47. The summed E-state index contributed by atoms with van der Waals surface area (Å²) in [6, 6.07) is 4.87. The molecule has 1 heterocycles. The van der Waals surface area contributed by atoms with E-state index in [-0.39, 0.29) is 13.0 Å². The number of aliphatic carboxylic acids is 1. The number of alkyl halides is 1. The van der Waals surface area contributed by atoms with Gasteiger partial charge in [-0.05, 0) is 34.1 Å². The molecule has 1 amide bonds. The molecule has 108 valence electrons. The SMILES string of the molecule is COc1ccc(Br)c(C(=O)N2CCC(F)(C(=O)O)C2)c1. The molecule has 0 spiro atoms. The molecule has 1 aromatic carbocycles. The largest absolute Gasteiger partial charge is 0.497 e. The van der Waals surface area contributed by atoms with Crippen LogP contribution >= 0.6 is 15.9 Å². The van der Waals surface area contributed by atoms with E-state index in [1.807, 2.05) is 0 Å². The molecular weight excluding hydrogens is 333 g/mol. The molecule has 0 bridgehead atoms. The van der Waals surface area contributed by atoms with E-state index in [4.69, 9.17) is 9.84 Å². The number of carbonyl (C=O) groups is 2. The van der Waals surface area contributed by atoms with Crippen molar-refractivity contribution in [3.63, 3.8) is 0 Å². The summed E-state index contributed by atoms with van der Waals surface area (Å²) in [6.45, 7) is -0.365. The molecule has 1 N–H and O–H groups in total. The van der Waals surface area contributed by atoms with Crippen molar-refractivity contribution in [3.05, 3.63) is 28.2 Å². The van der Waals surface area contributed by atoms with Gasteiger partial charge in [-0.3, -0.25) is 4.79 Å². The molecule has 1 aliphatic heterocycles. The molecule has 0 aliphatic carbocycles. The molecule has 0 aromatic heterocycles. The topological polar surface area (TPSA) is 66.8 Å². The molecule has 0 saturated carbocycles. The van der Waals surface area contributed by atoms with Crippen LogP contribution in [0.1, 0.15) is 16.8 Å². The molecule has 1 fully saturated rings. The second-order valence-electron chi connectivity index (χ2n) is 4.59. The number of carbonyl (C=O) groups excluding carboxylic acids is 1. The Morgan fingerprint density at radius 2 is 2.20 bits per heavy atom. The molecule has 5 nitrogen and oxygen atoms in total. The third-order valence-electron chi connectivity index (χ3n) is 3.29. The predicted octanol–water partition coefficient (Wildman–Crippen LogP) is 2.10. The van der Waals surface area contributed by atoms with Gasteiger partial charge in [0.15, 0.2) is 0 Å². The summed E-state index contributed by atoms with van der Waals surface area (Å²) in [6.07, 6.45) is -0.199. The number of methoxy groups -OCH3 is 1. The average Bonchev–Trinajstić information content (AvgIpc) is 2.83. The molecule has 0 radical (unpaired) electrons. The fourth-order valence-electron chi connectivity index (χ4n) is 2.09. The van der Waals surface area contributed by atoms with E-state index in [1.165, 1.54) is 18.1 Å². The van der Waals surface area contributed by atoms with Crippen molar-refractivity contribution in [2.75, 3.05) is 20.2 Å². The van der Waals surface area contributed by atoms with Crippen molar-refractivity contribution in [2.45, 2.75) is 12.1 Å². The molecule has 1 aliphatic rings. The summed E-state index contributed by atoms with van der Waals surface area (Å²) in [5.74, 6) is -1.45. The molecule has 1 unspecified atom stereocenters. The highest BCUT2D eigenvalue weighted by molar-refractivity contribution is 9.10. The highest BCUT2D eigenvalue weighted by atomic mass is 79.9. The van der Waals surface area contributed by atoms with E-state index in [0.29, 0.717) is 15.8 Å². The number of carboxylic acid groups (broad SMARTS) is 1. The molecule has 1 aromatic rings. The van der Waals surface area contributed by atoms with Gasteiger partial charge in [0.1, 0.15) is 5.75 Å². The fourth-order valence-corrected chi connectivity index (χ4v) is 2.50. The monoisotopic (exact) mass is 345 g/mol. The normalized spacial score (nSPS) is 21.9. The lowest BCUT2D eigenvalue weighted by molar-refractivity contribution is -0.149. The first-order chi connectivity index (χ1) is 9.37. The minimum absolute atomic E-state index is 0.0747. The van der Waals surface area contributed by atoms with Crippen molar-refractivity contribution in [1.82, 2.24) is 4.90 Å². The molecular formula is C13H13BrFNO4. The van der Waals surface area contributed by atoms with Gasteiger partial charge in [0.2, 0.25) is 5.67 Å². The maximum Gasteiger partial charge on any atom is 0.343 e.